The molecule has 2 atom stereocenters. The number of anilines is 1. The van der Waals surface area contributed by atoms with Gasteiger partial charge in [-0.15, -0.1) is 0 Å². The molecular formula is C28H38N4O5. The molecule has 0 saturated heterocycles. The van der Waals surface area contributed by atoms with Gasteiger partial charge in [0.2, 0.25) is 11.8 Å². The van der Waals surface area contributed by atoms with Gasteiger partial charge in [0, 0.05) is 19.2 Å². The van der Waals surface area contributed by atoms with Crippen LogP contribution in [0.1, 0.15) is 61.9 Å². The number of amides is 4. The van der Waals surface area contributed by atoms with E-state index in [0.29, 0.717) is 11.3 Å². The minimum atomic E-state index is -1.13. The van der Waals surface area contributed by atoms with Crippen LogP contribution in [-0.4, -0.2) is 47.4 Å². The number of ether oxygens (including phenoxy) is 1. The smallest absolute Gasteiger partial charge is 0.408 e. The van der Waals surface area contributed by atoms with E-state index in [1.165, 1.54) is 11.9 Å². The van der Waals surface area contributed by atoms with Gasteiger partial charge in [-0.3, -0.25) is 14.4 Å². The number of benzene rings is 2. The molecule has 9 nitrogen and oxygen atoms in total. The summed E-state index contributed by atoms with van der Waals surface area (Å²) >= 11 is 0. The molecule has 0 spiro atoms. The first-order valence-corrected chi connectivity index (χ1v) is 12.2. The molecule has 0 aromatic heterocycles. The summed E-state index contributed by atoms with van der Waals surface area (Å²) in [5.74, 6) is -1.58. The van der Waals surface area contributed by atoms with Crippen LogP contribution in [0, 0.1) is 20.8 Å². The molecule has 0 aliphatic carbocycles. The Morgan fingerprint density at radius 2 is 1.51 bits per heavy atom. The molecule has 37 heavy (non-hydrogen) atoms. The van der Waals surface area contributed by atoms with Crippen molar-refractivity contribution in [3.8, 4) is 0 Å². The quantitative estimate of drug-likeness (QED) is 0.471. The van der Waals surface area contributed by atoms with Gasteiger partial charge in [0.25, 0.3) is 5.91 Å². The van der Waals surface area contributed by atoms with E-state index in [2.05, 4.69) is 10.6 Å². The first kappa shape index (κ1) is 29.4. The number of nitrogens with one attached hydrogen (secondary N) is 2. The minimum absolute atomic E-state index is 0.0449. The first-order valence-electron chi connectivity index (χ1n) is 12.2. The van der Waals surface area contributed by atoms with E-state index < -0.39 is 41.5 Å². The Hall–Kier alpha value is -3.88. The van der Waals surface area contributed by atoms with Gasteiger partial charge in [-0.2, -0.15) is 0 Å². The number of rotatable bonds is 9. The summed E-state index contributed by atoms with van der Waals surface area (Å²) in [5.41, 5.74) is 8.41. The van der Waals surface area contributed by atoms with Crippen molar-refractivity contribution in [3.63, 3.8) is 0 Å². The molecule has 2 rings (SSSR count). The summed E-state index contributed by atoms with van der Waals surface area (Å²) in [7, 11) is 1.50. The Morgan fingerprint density at radius 3 is 2.05 bits per heavy atom. The minimum Gasteiger partial charge on any atom is -0.444 e. The highest BCUT2D eigenvalue weighted by Crippen LogP contribution is 2.28. The van der Waals surface area contributed by atoms with Gasteiger partial charge in [-0.25, -0.2) is 4.79 Å². The number of carbonyl (C=O) groups excluding carboxylic acids is 4. The van der Waals surface area contributed by atoms with Crippen molar-refractivity contribution in [1.29, 1.82) is 0 Å². The van der Waals surface area contributed by atoms with E-state index in [-0.39, 0.29) is 12.8 Å². The van der Waals surface area contributed by atoms with Crippen molar-refractivity contribution in [2.45, 2.75) is 72.1 Å². The summed E-state index contributed by atoms with van der Waals surface area (Å²) in [6.45, 7) is 10.7. The predicted octanol–water partition coefficient (Wildman–Crippen LogP) is 3.91. The number of nitrogens with zero attached hydrogens (tertiary/aromatic N) is 1. The lowest BCUT2D eigenvalue weighted by Gasteiger charge is -2.32. The van der Waals surface area contributed by atoms with Crippen molar-refractivity contribution in [1.82, 2.24) is 10.2 Å². The predicted molar refractivity (Wildman–Crippen MR) is 143 cm³/mol. The summed E-state index contributed by atoms with van der Waals surface area (Å²) in [6, 6.07) is 10.8. The molecule has 2 aromatic rings. The van der Waals surface area contributed by atoms with Gasteiger partial charge in [0.05, 0.1) is 0 Å². The molecule has 0 aliphatic heterocycles. The molecule has 0 fully saturated rings. The van der Waals surface area contributed by atoms with Gasteiger partial charge >= 0.3 is 6.09 Å². The number of aryl methyl sites for hydroxylation is 3. The van der Waals surface area contributed by atoms with Gasteiger partial charge < -0.3 is 26.0 Å². The lowest BCUT2D eigenvalue weighted by molar-refractivity contribution is -0.139. The molecule has 0 bridgehead atoms. The maximum Gasteiger partial charge on any atom is 0.408 e. The highest BCUT2D eigenvalue weighted by Gasteiger charge is 2.35. The van der Waals surface area contributed by atoms with Crippen molar-refractivity contribution in [2.75, 3.05) is 12.4 Å². The van der Waals surface area contributed by atoms with Crippen LogP contribution in [0.3, 0.4) is 0 Å². The van der Waals surface area contributed by atoms with Crippen molar-refractivity contribution in [3.05, 3.63) is 64.7 Å². The Kier molecular flexibility index (Phi) is 9.82. The zero-order chi connectivity index (χ0) is 27.9. The molecule has 2 unspecified atom stereocenters. The zero-order valence-corrected chi connectivity index (χ0v) is 22.7. The van der Waals surface area contributed by atoms with Crippen LogP contribution in [0.4, 0.5) is 10.5 Å². The molecule has 0 heterocycles. The van der Waals surface area contributed by atoms with Gasteiger partial charge in [-0.05, 0) is 70.2 Å². The third kappa shape index (κ3) is 8.34. The number of hydrogen-bond donors (Lipinski definition) is 3. The maximum atomic E-state index is 13.7. The summed E-state index contributed by atoms with van der Waals surface area (Å²) in [4.78, 5) is 52.7. The normalized spacial score (nSPS) is 12.7. The Bertz CT molecular complexity index is 1140. The van der Waals surface area contributed by atoms with Gasteiger partial charge in [0.15, 0.2) is 0 Å². The van der Waals surface area contributed by atoms with Crippen molar-refractivity contribution in [2.24, 2.45) is 5.73 Å². The van der Waals surface area contributed by atoms with Crippen LogP contribution in [0.15, 0.2) is 42.5 Å². The summed E-state index contributed by atoms with van der Waals surface area (Å²) in [6.07, 6.45) is -0.989. The van der Waals surface area contributed by atoms with E-state index in [1.54, 1.807) is 32.9 Å². The third-order valence-electron chi connectivity index (χ3n) is 5.86. The number of primary amides is 1. The number of carbonyl (C=O) groups is 4. The molecule has 0 aliphatic rings. The van der Waals surface area contributed by atoms with Crippen LogP contribution in [-0.2, 0) is 19.1 Å². The standard InChI is InChI=1S/C28H38N4O5/c1-17-11-8-9-14-20(17)24(25(34)31-23-18(2)12-10-13-19(23)3)32(7)26(35)21(15-16-22(29)33)30-27(36)37-28(4,5)6/h8-14,21,24H,15-16H2,1-7H3,(H2,29,33)(H,30,36)(H,31,34). The summed E-state index contributed by atoms with van der Waals surface area (Å²) in [5, 5.41) is 5.53. The molecule has 4 N–H and O–H groups in total. The summed E-state index contributed by atoms with van der Waals surface area (Å²) < 4.78 is 5.31. The molecule has 2 aromatic carbocycles. The van der Waals surface area contributed by atoms with Crippen LogP contribution in [0.5, 0.6) is 0 Å². The largest absolute Gasteiger partial charge is 0.444 e. The zero-order valence-electron chi connectivity index (χ0n) is 22.7. The lowest BCUT2D eigenvalue weighted by atomic mass is 9.97. The fourth-order valence-electron chi connectivity index (χ4n) is 3.99. The van der Waals surface area contributed by atoms with Crippen molar-refractivity contribution >= 4 is 29.5 Å². The average Bonchev–Trinajstić information content (AvgIpc) is 2.78. The topological polar surface area (TPSA) is 131 Å². The number of hydrogen-bond acceptors (Lipinski definition) is 5. The molecule has 9 heteroatoms. The Balaban J connectivity index is 2.44. The second-order valence-corrected chi connectivity index (χ2v) is 10.2. The van der Waals surface area contributed by atoms with Gasteiger partial charge in [0.1, 0.15) is 17.7 Å². The van der Waals surface area contributed by atoms with E-state index in [9.17, 15) is 19.2 Å². The van der Waals surface area contributed by atoms with Crippen LogP contribution in [0.2, 0.25) is 0 Å². The second-order valence-electron chi connectivity index (χ2n) is 10.2. The monoisotopic (exact) mass is 510 g/mol. The van der Waals surface area contributed by atoms with E-state index >= 15 is 0 Å². The number of nitrogens with two attached hydrogens (primary N) is 1. The SMILES string of the molecule is Cc1ccccc1C(C(=O)Nc1c(C)cccc1C)N(C)C(=O)C(CCC(N)=O)NC(=O)OC(C)(C)C. The molecule has 4 amide bonds. The number of para-hydroxylation sites is 1. The van der Waals surface area contributed by atoms with E-state index in [0.717, 1.165) is 16.7 Å². The number of likely N-dealkylation sites (N-methyl/N-ethyl adjacent to an activating group) is 1. The Labute approximate surface area is 218 Å². The molecular weight excluding hydrogens is 472 g/mol. The molecule has 0 saturated carbocycles. The van der Waals surface area contributed by atoms with Crippen LogP contribution < -0.4 is 16.4 Å². The van der Waals surface area contributed by atoms with Gasteiger partial charge in [-0.1, -0.05) is 42.5 Å². The first-order chi connectivity index (χ1) is 17.2. The fourth-order valence-corrected chi connectivity index (χ4v) is 3.99. The highest BCUT2D eigenvalue weighted by molar-refractivity contribution is 6.00. The van der Waals surface area contributed by atoms with Crippen molar-refractivity contribution < 1.29 is 23.9 Å². The fraction of sp³-hybridized carbons (Fsp3) is 0.429. The number of alkyl carbamates (subject to hydrolysis) is 1. The van der Waals surface area contributed by atoms with Crippen LogP contribution in [0.25, 0.3) is 0 Å². The highest BCUT2D eigenvalue weighted by atomic mass is 16.6. The third-order valence-corrected chi connectivity index (χ3v) is 5.86. The lowest BCUT2D eigenvalue weighted by Crippen LogP contribution is -2.51. The van der Waals surface area contributed by atoms with E-state index in [4.69, 9.17) is 10.5 Å². The second kappa shape index (κ2) is 12.4. The average molecular weight is 511 g/mol. The molecule has 200 valence electrons. The van der Waals surface area contributed by atoms with Crippen LogP contribution >= 0.6 is 0 Å². The Morgan fingerprint density at radius 1 is 0.946 bits per heavy atom. The maximum absolute atomic E-state index is 13.7. The molecule has 0 radical (unpaired) electrons. The van der Waals surface area contributed by atoms with E-state index in [1.807, 2.05) is 51.1 Å².